The van der Waals surface area contributed by atoms with Crippen LogP contribution < -0.4 is 0 Å². The predicted octanol–water partition coefficient (Wildman–Crippen LogP) is 3.61. The molecular weight excluding hydrogens is 318 g/mol. The third-order valence-corrected chi connectivity index (χ3v) is 3.25. The van der Waals surface area contributed by atoms with Crippen LogP contribution >= 0.6 is 15.9 Å². The number of halogens is 1. The molecule has 0 aromatic heterocycles. The molecule has 0 spiro atoms. The van der Waals surface area contributed by atoms with Crippen molar-refractivity contribution in [1.82, 2.24) is 0 Å². The van der Waals surface area contributed by atoms with Crippen molar-refractivity contribution >= 4 is 21.9 Å². The Labute approximate surface area is 125 Å². The van der Waals surface area contributed by atoms with E-state index in [-0.39, 0.29) is 19.0 Å². The molecular formula is C16H12BrNO2. The number of rotatable bonds is 4. The molecule has 0 aliphatic carbocycles. The number of hydrogen-bond donors (Lipinski definition) is 0. The molecule has 4 heteroatoms. The number of nitriles is 1. The van der Waals surface area contributed by atoms with Gasteiger partial charge in [-0.1, -0.05) is 40.2 Å². The van der Waals surface area contributed by atoms with Crippen molar-refractivity contribution in [3.8, 4) is 6.07 Å². The predicted molar refractivity (Wildman–Crippen MR) is 78.8 cm³/mol. The molecule has 0 saturated carbocycles. The molecule has 0 radical (unpaired) electrons. The number of esters is 1. The van der Waals surface area contributed by atoms with Crippen molar-refractivity contribution in [1.29, 1.82) is 5.26 Å². The van der Waals surface area contributed by atoms with Crippen LogP contribution in [0.15, 0.2) is 53.0 Å². The zero-order valence-corrected chi connectivity index (χ0v) is 12.3. The molecule has 0 unspecified atom stereocenters. The maximum absolute atomic E-state index is 11.7. The number of nitrogens with zero attached hydrogens (tertiary/aromatic N) is 1. The van der Waals surface area contributed by atoms with Crippen LogP contribution in [0.2, 0.25) is 0 Å². The van der Waals surface area contributed by atoms with E-state index < -0.39 is 0 Å². The average molecular weight is 330 g/mol. The van der Waals surface area contributed by atoms with Crippen LogP contribution in [-0.4, -0.2) is 5.97 Å². The Bertz CT molecular complexity index is 644. The summed E-state index contributed by atoms with van der Waals surface area (Å²) in [5, 5.41) is 8.80. The highest BCUT2D eigenvalue weighted by molar-refractivity contribution is 9.10. The first kappa shape index (κ1) is 14.3. The molecule has 0 amide bonds. The number of carbonyl (C=O) groups excluding carboxylic acids is 1. The van der Waals surface area contributed by atoms with Crippen LogP contribution in [0.25, 0.3) is 0 Å². The minimum Gasteiger partial charge on any atom is -0.461 e. The summed E-state index contributed by atoms with van der Waals surface area (Å²) in [5.74, 6) is -0.283. The van der Waals surface area contributed by atoms with Gasteiger partial charge < -0.3 is 4.74 Å². The van der Waals surface area contributed by atoms with Crippen molar-refractivity contribution in [2.75, 3.05) is 0 Å². The monoisotopic (exact) mass is 329 g/mol. The molecule has 2 aromatic carbocycles. The first-order chi connectivity index (χ1) is 9.67. The van der Waals surface area contributed by atoms with Gasteiger partial charge in [0, 0.05) is 4.47 Å². The first-order valence-electron chi connectivity index (χ1n) is 6.06. The summed E-state index contributed by atoms with van der Waals surface area (Å²) in [5.41, 5.74) is 2.28. The molecule has 0 aliphatic rings. The average Bonchev–Trinajstić information content (AvgIpc) is 2.48. The van der Waals surface area contributed by atoms with E-state index >= 15 is 0 Å². The Balaban J connectivity index is 1.89. The van der Waals surface area contributed by atoms with Gasteiger partial charge in [-0.25, -0.2) is 0 Å². The quantitative estimate of drug-likeness (QED) is 0.805. The van der Waals surface area contributed by atoms with Crippen molar-refractivity contribution in [3.05, 3.63) is 69.7 Å². The SMILES string of the molecule is N#Cc1cccc(COC(=O)Cc2ccc(Br)cc2)c1. The summed E-state index contributed by atoms with van der Waals surface area (Å²) in [6, 6.07) is 16.6. The number of hydrogen-bond acceptors (Lipinski definition) is 3. The van der Waals surface area contributed by atoms with E-state index in [0.29, 0.717) is 5.56 Å². The maximum Gasteiger partial charge on any atom is 0.310 e. The van der Waals surface area contributed by atoms with Crippen molar-refractivity contribution in [2.45, 2.75) is 13.0 Å². The molecule has 2 rings (SSSR count). The standard InChI is InChI=1S/C16H12BrNO2/c17-15-6-4-12(5-7-15)9-16(19)20-11-14-3-1-2-13(8-14)10-18/h1-8H,9,11H2. The Morgan fingerprint density at radius 1 is 1.15 bits per heavy atom. The van der Waals surface area contributed by atoms with E-state index in [1.165, 1.54) is 0 Å². The minimum absolute atomic E-state index is 0.185. The van der Waals surface area contributed by atoms with Crippen LogP contribution in [0.3, 0.4) is 0 Å². The zero-order valence-electron chi connectivity index (χ0n) is 10.7. The second-order valence-corrected chi connectivity index (χ2v) is 5.19. The molecule has 0 saturated heterocycles. The van der Waals surface area contributed by atoms with Crippen LogP contribution in [-0.2, 0) is 22.6 Å². The fourth-order valence-corrected chi connectivity index (χ4v) is 1.98. The van der Waals surface area contributed by atoms with E-state index in [1.54, 1.807) is 18.2 Å². The zero-order chi connectivity index (χ0) is 14.4. The van der Waals surface area contributed by atoms with Gasteiger partial charge in [-0.2, -0.15) is 5.26 Å². The van der Waals surface area contributed by atoms with Gasteiger partial charge in [0.05, 0.1) is 18.1 Å². The fourth-order valence-electron chi connectivity index (χ4n) is 1.71. The molecule has 2 aromatic rings. The van der Waals surface area contributed by atoms with Gasteiger partial charge >= 0.3 is 5.97 Å². The van der Waals surface area contributed by atoms with Gasteiger partial charge in [0.25, 0.3) is 0 Å². The minimum atomic E-state index is -0.283. The lowest BCUT2D eigenvalue weighted by Gasteiger charge is -2.05. The third-order valence-electron chi connectivity index (χ3n) is 2.72. The number of ether oxygens (including phenoxy) is 1. The smallest absolute Gasteiger partial charge is 0.310 e. The van der Waals surface area contributed by atoms with Gasteiger partial charge in [-0.3, -0.25) is 4.79 Å². The second kappa shape index (κ2) is 6.88. The second-order valence-electron chi connectivity index (χ2n) is 4.28. The molecule has 0 heterocycles. The summed E-state index contributed by atoms with van der Waals surface area (Å²) < 4.78 is 6.18. The Morgan fingerprint density at radius 2 is 1.90 bits per heavy atom. The van der Waals surface area contributed by atoms with E-state index in [0.717, 1.165) is 15.6 Å². The third kappa shape index (κ3) is 4.22. The van der Waals surface area contributed by atoms with Crippen LogP contribution in [0.5, 0.6) is 0 Å². The molecule has 0 N–H and O–H groups in total. The largest absolute Gasteiger partial charge is 0.461 e. The summed E-state index contributed by atoms with van der Waals surface area (Å²) in [4.78, 5) is 11.7. The normalized spacial score (nSPS) is 9.80. The van der Waals surface area contributed by atoms with Gasteiger partial charge in [-0.15, -0.1) is 0 Å². The topological polar surface area (TPSA) is 50.1 Å². The van der Waals surface area contributed by atoms with E-state index in [9.17, 15) is 4.79 Å². The number of benzene rings is 2. The van der Waals surface area contributed by atoms with Gasteiger partial charge in [-0.05, 0) is 35.4 Å². The van der Waals surface area contributed by atoms with Gasteiger partial charge in [0.2, 0.25) is 0 Å². The highest BCUT2D eigenvalue weighted by Crippen LogP contribution is 2.12. The maximum atomic E-state index is 11.7. The molecule has 100 valence electrons. The molecule has 0 bridgehead atoms. The lowest BCUT2D eigenvalue weighted by atomic mass is 10.1. The molecule has 0 fully saturated rings. The van der Waals surface area contributed by atoms with E-state index in [1.807, 2.05) is 30.3 Å². The number of carbonyl (C=O) groups is 1. The van der Waals surface area contributed by atoms with Gasteiger partial charge in [0.1, 0.15) is 6.61 Å². The molecule has 20 heavy (non-hydrogen) atoms. The van der Waals surface area contributed by atoms with Crippen LogP contribution in [0.4, 0.5) is 0 Å². The van der Waals surface area contributed by atoms with Gasteiger partial charge in [0.15, 0.2) is 0 Å². The molecule has 0 aliphatic heterocycles. The van der Waals surface area contributed by atoms with Crippen molar-refractivity contribution < 1.29 is 9.53 Å². The Morgan fingerprint density at radius 3 is 2.60 bits per heavy atom. The van der Waals surface area contributed by atoms with E-state index in [2.05, 4.69) is 22.0 Å². The summed E-state index contributed by atoms with van der Waals surface area (Å²) in [7, 11) is 0. The first-order valence-corrected chi connectivity index (χ1v) is 6.86. The lowest BCUT2D eigenvalue weighted by Crippen LogP contribution is -2.08. The van der Waals surface area contributed by atoms with Crippen molar-refractivity contribution in [2.24, 2.45) is 0 Å². The summed E-state index contributed by atoms with van der Waals surface area (Å²) in [6.07, 6.45) is 0.241. The Kier molecular flexibility index (Phi) is 4.91. The van der Waals surface area contributed by atoms with Crippen LogP contribution in [0.1, 0.15) is 16.7 Å². The molecule has 0 atom stereocenters. The summed E-state index contributed by atoms with van der Waals surface area (Å²) >= 11 is 3.34. The van der Waals surface area contributed by atoms with E-state index in [4.69, 9.17) is 10.00 Å². The van der Waals surface area contributed by atoms with Crippen LogP contribution in [0, 0.1) is 11.3 Å². The fraction of sp³-hybridized carbons (Fsp3) is 0.125. The summed E-state index contributed by atoms with van der Waals surface area (Å²) in [6.45, 7) is 0.185. The highest BCUT2D eigenvalue weighted by Gasteiger charge is 2.05. The molecule has 3 nitrogen and oxygen atoms in total. The lowest BCUT2D eigenvalue weighted by molar-refractivity contribution is -0.144. The van der Waals surface area contributed by atoms with Crippen molar-refractivity contribution in [3.63, 3.8) is 0 Å². The highest BCUT2D eigenvalue weighted by atomic mass is 79.9. The Hall–Kier alpha value is -2.12.